The molecule has 0 spiro atoms. The predicted molar refractivity (Wildman–Crippen MR) is 106 cm³/mol. The highest BCUT2D eigenvalue weighted by Crippen LogP contribution is 2.33. The van der Waals surface area contributed by atoms with Crippen LogP contribution in [-0.4, -0.2) is 33.7 Å². The quantitative estimate of drug-likeness (QED) is 0.671. The number of sulfonamides is 1. The van der Waals surface area contributed by atoms with Gasteiger partial charge in [0.15, 0.2) is 0 Å². The second kappa shape index (κ2) is 9.26. The summed E-state index contributed by atoms with van der Waals surface area (Å²) in [5.74, 6) is -0.403. The van der Waals surface area contributed by atoms with Gasteiger partial charge in [0.25, 0.3) is 0 Å². The van der Waals surface area contributed by atoms with Gasteiger partial charge in [0, 0.05) is 6.54 Å². The molecule has 0 aromatic heterocycles. The minimum absolute atomic E-state index is 0.0940. The van der Waals surface area contributed by atoms with Crippen molar-refractivity contribution in [2.45, 2.75) is 12.8 Å². The summed E-state index contributed by atoms with van der Waals surface area (Å²) in [4.78, 5) is 12.2. The third kappa shape index (κ3) is 5.90. The van der Waals surface area contributed by atoms with Crippen LogP contribution in [0.3, 0.4) is 0 Å². The standard InChI is InChI=1S/C18H20Cl2N2O3S/c1-26(24,25)22(16-11-5-10-15(19)18(16)20)13-17(23)21-12-6-9-14-7-3-2-4-8-14/h2-5,7-8,10-11H,6,9,12-13H2,1H3,(H,21,23). The van der Waals surface area contributed by atoms with Crippen LogP contribution < -0.4 is 9.62 Å². The molecule has 0 saturated heterocycles. The third-order valence-corrected chi connectivity index (χ3v) is 5.63. The Kier molecular flexibility index (Phi) is 7.32. The molecule has 0 atom stereocenters. The molecular formula is C18H20Cl2N2O3S. The first-order valence-electron chi connectivity index (χ1n) is 8.01. The highest BCUT2D eigenvalue weighted by molar-refractivity contribution is 7.92. The van der Waals surface area contributed by atoms with E-state index >= 15 is 0 Å². The third-order valence-electron chi connectivity index (χ3n) is 3.69. The van der Waals surface area contributed by atoms with Crippen molar-refractivity contribution in [2.75, 3.05) is 23.7 Å². The Morgan fingerprint density at radius 1 is 1.08 bits per heavy atom. The molecule has 1 N–H and O–H groups in total. The molecule has 0 unspecified atom stereocenters. The minimum Gasteiger partial charge on any atom is -0.355 e. The molecule has 0 aliphatic rings. The van der Waals surface area contributed by atoms with Crippen molar-refractivity contribution < 1.29 is 13.2 Å². The van der Waals surface area contributed by atoms with E-state index in [0.29, 0.717) is 6.54 Å². The van der Waals surface area contributed by atoms with Gasteiger partial charge in [-0.25, -0.2) is 8.42 Å². The topological polar surface area (TPSA) is 66.5 Å². The summed E-state index contributed by atoms with van der Waals surface area (Å²) < 4.78 is 25.1. The lowest BCUT2D eigenvalue weighted by Gasteiger charge is -2.23. The summed E-state index contributed by atoms with van der Waals surface area (Å²) >= 11 is 12.1. The van der Waals surface area contributed by atoms with Crippen LogP contribution in [0.15, 0.2) is 48.5 Å². The highest BCUT2D eigenvalue weighted by Gasteiger charge is 2.23. The van der Waals surface area contributed by atoms with E-state index in [1.165, 1.54) is 11.6 Å². The lowest BCUT2D eigenvalue weighted by atomic mass is 10.1. The Labute approximate surface area is 164 Å². The van der Waals surface area contributed by atoms with Crippen molar-refractivity contribution >= 4 is 44.8 Å². The van der Waals surface area contributed by atoms with Crippen LogP contribution in [-0.2, 0) is 21.2 Å². The number of halogens is 2. The van der Waals surface area contributed by atoms with Crippen molar-refractivity contribution in [3.63, 3.8) is 0 Å². The molecule has 5 nitrogen and oxygen atoms in total. The minimum atomic E-state index is -3.70. The maximum atomic E-state index is 12.2. The summed E-state index contributed by atoms with van der Waals surface area (Å²) in [6.45, 7) is 0.0961. The molecule has 0 saturated carbocycles. The number of carbonyl (C=O) groups excluding carboxylic acids is 1. The Morgan fingerprint density at radius 2 is 1.77 bits per heavy atom. The number of aryl methyl sites for hydroxylation is 1. The van der Waals surface area contributed by atoms with Gasteiger partial charge in [-0.05, 0) is 30.5 Å². The van der Waals surface area contributed by atoms with Crippen molar-refractivity contribution in [3.8, 4) is 0 Å². The molecule has 0 fully saturated rings. The molecule has 0 aliphatic carbocycles. The first-order chi connectivity index (χ1) is 12.3. The highest BCUT2D eigenvalue weighted by atomic mass is 35.5. The average molecular weight is 415 g/mol. The first-order valence-corrected chi connectivity index (χ1v) is 10.6. The number of amides is 1. The normalized spacial score (nSPS) is 11.2. The van der Waals surface area contributed by atoms with E-state index in [-0.39, 0.29) is 22.3 Å². The number of benzene rings is 2. The van der Waals surface area contributed by atoms with Crippen LogP contribution in [0.25, 0.3) is 0 Å². The number of hydrogen-bond acceptors (Lipinski definition) is 3. The summed E-state index contributed by atoms with van der Waals surface area (Å²) in [5.41, 5.74) is 1.37. The van der Waals surface area contributed by atoms with E-state index in [0.717, 1.165) is 23.4 Å². The number of rotatable bonds is 8. The number of carbonyl (C=O) groups is 1. The zero-order chi connectivity index (χ0) is 19.2. The molecular weight excluding hydrogens is 395 g/mol. The molecule has 8 heteroatoms. The second-order valence-electron chi connectivity index (χ2n) is 5.78. The number of anilines is 1. The molecule has 140 valence electrons. The van der Waals surface area contributed by atoms with Crippen molar-refractivity contribution in [1.29, 1.82) is 0 Å². The molecule has 0 radical (unpaired) electrons. The monoisotopic (exact) mass is 414 g/mol. The fourth-order valence-electron chi connectivity index (χ4n) is 2.42. The molecule has 0 aliphatic heterocycles. The van der Waals surface area contributed by atoms with E-state index in [9.17, 15) is 13.2 Å². The lowest BCUT2D eigenvalue weighted by molar-refractivity contribution is -0.119. The van der Waals surface area contributed by atoms with E-state index in [1.807, 2.05) is 30.3 Å². The van der Waals surface area contributed by atoms with Gasteiger partial charge < -0.3 is 5.32 Å². The summed E-state index contributed by atoms with van der Waals surface area (Å²) in [5, 5.41) is 3.06. The Balaban J connectivity index is 1.96. The van der Waals surface area contributed by atoms with Crippen LogP contribution in [0.5, 0.6) is 0 Å². The number of hydrogen-bond donors (Lipinski definition) is 1. The van der Waals surface area contributed by atoms with Gasteiger partial charge in [0.05, 0.1) is 22.0 Å². The van der Waals surface area contributed by atoms with Crippen LogP contribution in [0.4, 0.5) is 5.69 Å². The van der Waals surface area contributed by atoms with Gasteiger partial charge in [-0.15, -0.1) is 0 Å². The van der Waals surface area contributed by atoms with Crippen molar-refractivity contribution in [2.24, 2.45) is 0 Å². The van der Waals surface area contributed by atoms with Gasteiger partial charge in [-0.2, -0.15) is 0 Å². The van der Waals surface area contributed by atoms with Crippen LogP contribution in [0.1, 0.15) is 12.0 Å². The van der Waals surface area contributed by atoms with E-state index in [2.05, 4.69) is 5.32 Å². The molecule has 2 rings (SSSR count). The molecule has 0 bridgehead atoms. The lowest BCUT2D eigenvalue weighted by Crippen LogP contribution is -2.40. The van der Waals surface area contributed by atoms with Gasteiger partial charge in [-0.1, -0.05) is 59.6 Å². The maximum Gasteiger partial charge on any atom is 0.240 e. The van der Waals surface area contributed by atoms with Crippen LogP contribution >= 0.6 is 23.2 Å². The first kappa shape index (κ1) is 20.6. The fraction of sp³-hybridized carbons (Fsp3) is 0.278. The zero-order valence-corrected chi connectivity index (χ0v) is 16.6. The van der Waals surface area contributed by atoms with Gasteiger partial charge in [0.2, 0.25) is 15.9 Å². The largest absolute Gasteiger partial charge is 0.355 e. The maximum absolute atomic E-state index is 12.2. The molecule has 2 aromatic carbocycles. The van der Waals surface area contributed by atoms with E-state index < -0.39 is 15.9 Å². The average Bonchev–Trinajstić information content (AvgIpc) is 2.59. The van der Waals surface area contributed by atoms with Crippen molar-refractivity contribution in [3.05, 3.63) is 64.1 Å². The fourth-order valence-corrected chi connectivity index (χ4v) is 3.73. The van der Waals surface area contributed by atoms with Gasteiger partial charge in [0.1, 0.15) is 6.54 Å². The summed E-state index contributed by atoms with van der Waals surface area (Å²) in [6, 6.07) is 14.6. The number of nitrogens with one attached hydrogen (secondary N) is 1. The van der Waals surface area contributed by atoms with E-state index in [1.54, 1.807) is 12.1 Å². The Hall–Kier alpha value is -1.76. The molecule has 2 aromatic rings. The SMILES string of the molecule is CS(=O)(=O)N(CC(=O)NCCCc1ccccc1)c1cccc(Cl)c1Cl. The predicted octanol–water partition coefficient (Wildman–Crippen LogP) is 3.51. The van der Waals surface area contributed by atoms with Crippen LogP contribution in [0.2, 0.25) is 10.0 Å². The molecule has 1 amide bonds. The zero-order valence-electron chi connectivity index (χ0n) is 14.3. The Bertz CT molecular complexity index is 858. The Morgan fingerprint density at radius 3 is 2.42 bits per heavy atom. The molecule has 0 heterocycles. The second-order valence-corrected chi connectivity index (χ2v) is 8.47. The van der Waals surface area contributed by atoms with Crippen molar-refractivity contribution in [1.82, 2.24) is 5.32 Å². The number of nitrogens with zero attached hydrogens (tertiary/aromatic N) is 1. The van der Waals surface area contributed by atoms with E-state index in [4.69, 9.17) is 23.2 Å². The van der Waals surface area contributed by atoms with Gasteiger partial charge in [-0.3, -0.25) is 9.10 Å². The van der Waals surface area contributed by atoms with Crippen LogP contribution in [0, 0.1) is 0 Å². The van der Waals surface area contributed by atoms with Gasteiger partial charge >= 0.3 is 0 Å². The summed E-state index contributed by atoms with van der Waals surface area (Å²) in [7, 11) is -3.70. The molecule has 26 heavy (non-hydrogen) atoms. The summed E-state index contributed by atoms with van der Waals surface area (Å²) in [6.07, 6.45) is 2.61. The smallest absolute Gasteiger partial charge is 0.240 e.